The van der Waals surface area contributed by atoms with Gasteiger partial charge in [-0.05, 0) is 18.1 Å². The van der Waals surface area contributed by atoms with Gasteiger partial charge in [-0.15, -0.1) is 0 Å². The molecule has 158 valence electrons. The van der Waals surface area contributed by atoms with Crippen LogP contribution in [0.1, 0.15) is 30.8 Å². The Balaban J connectivity index is 1.81. The Hall–Kier alpha value is -2.33. The van der Waals surface area contributed by atoms with Crippen LogP contribution in [-0.2, 0) is 27.8 Å². The smallest absolute Gasteiger partial charge is 0.267 e. The summed E-state index contributed by atoms with van der Waals surface area (Å²) in [5.74, 6) is 1.03. The average molecular weight is 440 g/mol. The normalized spacial score (nSPS) is 13.9. The highest BCUT2D eigenvalue weighted by molar-refractivity contribution is 7.93. The number of nitrogens with zero attached hydrogens (tertiary/aromatic N) is 2. The Bertz CT molecular complexity index is 1000. The predicted octanol–water partition coefficient (Wildman–Crippen LogP) is 2.89. The Morgan fingerprint density at radius 1 is 1.31 bits per heavy atom. The van der Waals surface area contributed by atoms with Crippen molar-refractivity contribution in [2.75, 3.05) is 25.5 Å². The number of hydrogen-bond acceptors (Lipinski definition) is 7. The number of ether oxygens (including phenoxy) is 2. The summed E-state index contributed by atoms with van der Waals surface area (Å²) in [5.41, 5.74) is 0.832. The predicted molar refractivity (Wildman–Crippen MR) is 111 cm³/mol. The Morgan fingerprint density at radius 3 is 2.72 bits per heavy atom. The van der Waals surface area contributed by atoms with E-state index in [0.717, 1.165) is 10.6 Å². The number of aromatic nitrogens is 1. The first kappa shape index (κ1) is 21.4. The molecule has 1 aliphatic rings. The third-order valence-corrected chi connectivity index (χ3v) is 7.04. The summed E-state index contributed by atoms with van der Waals surface area (Å²) < 4.78 is 38.7. The van der Waals surface area contributed by atoms with Gasteiger partial charge in [-0.25, -0.2) is 13.4 Å². The Labute approximate surface area is 174 Å². The van der Waals surface area contributed by atoms with E-state index in [0.29, 0.717) is 37.6 Å². The van der Waals surface area contributed by atoms with Gasteiger partial charge in [-0.3, -0.25) is 9.52 Å². The summed E-state index contributed by atoms with van der Waals surface area (Å²) in [4.78, 5) is 19.5. The van der Waals surface area contributed by atoms with Gasteiger partial charge < -0.3 is 14.4 Å². The molecule has 1 amide bonds. The highest BCUT2D eigenvalue weighted by atomic mass is 32.2. The molecule has 0 saturated heterocycles. The van der Waals surface area contributed by atoms with E-state index < -0.39 is 10.0 Å². The maximum Gasteiger partial charge on any atom is 0.267 e. The Morgan fingerprint density at radius 2 is 2.07 bits per heavy atom. The van der Waals surface area contributed by atoms with Crippen molar-refractivity contribution >= 4 is 32.4 Å². The zero-order valence-corrected chi connectivity index (χ0v) is 18.5. The van der Waals surface area contributed by atoms with Gasteiger partial charge in [0.15, 0.2) is 5.13 Å². The molecule has 0 atom stereocenters. The van der Waals surface area contributed by atoms with Crippen molar-refractivity contribution in [3.63, 3.8) is 0 Å². The van der Waals surface area contributed by atoms with Crippen LogP contribution in [-0.4, -0.2) is 45.0 Å². The van der Waals surface area contributed by atoms with Gasteiger partial charge in [0.1, 0.15) is 16.4 Å². The van der Waals surface area contributed by atoms with Crippen LogP contribution in [0.4, 0.5) is 5.13 Å². The van der Waals surface area contributed by atoms with E-state index in [4.69, 9.17) is 9.47 Å². The minimum absolute atomic E-state index is 0.0266. The maximum atomic E-state index is 12.9. The van der Waals surface area contributed by atoms with Crippen LogP contribution in [0.25, 0.3) is 0 Å². The van der Waals surface area contributed by atoms with Crippen LogP contribution in [0.5, 0.6) is 11.5 Å². The molecule has 0 saturated carbocycles. The molecule has 0 radical (unpaired) electrons. The third-order valence-electron chi connectivity index (χ3n) is 4.55. The maximum absolute atomic E-state index is 12.9. The van der Waals surface area contributed by atoms with Gasteiger partial charge in [-0.2, -0.15) is 0 Å². The van der Waals surface area contributed by atoms with Gasteiger partial charge in [0.05, 0.1) is 26.5 Å². The first-order chi connectivity index (χ1) is 13.7. The van der Waals surface area contributed by atoms with Crippen molar-refractivity contribution in [3.05, 3.63) is 28.8 Å². The largest absolute Gasteiger partial charge is 0.497 e. The number of rotatable bonds is 7. The van der Waals surface area contributed by atoms with Crippen LogP contribution >= 0.6 is 11.3 Å². The van der Waals surface area contributed by atoms with Crippen molar-refractivity contribution in [2.45, 2.75) is 38.1 Å². The fourth-order valence-electron chi connectivity index (χ4n) is 3.09. The number of anilines is 1. The molecule has 8 nitrogen and oxygen atoms in total. The third kappa shape index (κ3) is 4.81. The summed E-state index contributed by atoms with van der Waals surface area (Å²) in [5, 5.41) is 0.276. The number of thiazole rings is 1. The molecule has 0 fully saturated rings. The topological polar surface area (TPSA) is 97.8 Å². The molecule has 0 unspecified atom stereocenters. The van der Waals surface area contributed by atoms with E-state index in [1.165, 1.54) is 31.6 Å². The van der Waals surface area contributed by atoms with Gasteiger partial charge in [-0.1, -0.05) is 25.2 Å². The van der Waals surface area contributed by atoms with E-state index in [1.807, 2.05) is 18.7 Å². The van der Waals surface area contributed by atoms with Gasteiger partial charge in [0.25, 0.3) is 10.0 Å². The number of amides is 1. The van der Waals surface area contributed by atoms with E-state index >= 15 is 0 Å². The van der Waals surface area contributed by atoms with Crippen molar-refractivity contribution in [1.29, 1.82) is 0 Å². The number of carbonyl (C=O) groups is 1. The highest BCUT2D eigenvalue weighted by Crippen LogP contribution is 2.33. The van der Waals surface area contributed by atoms with Crippen molar-refractivity contribution in [3.8, 4) is 11.5 Å². The number of fused-ring (bicyclic) bond motifs is 1. The van der Waals surface area contributed by atoms with Crippen LogP contribution in [0, 0.1) is 5.92 Å². The van der Waals surface area contributed by atoms with Gasteiger partial charge >= 0.3 is 0 Å². The lowest BCUT2D eigenvalue weighted by Crippen LogP contribution is -2.36. The van der Waals surface area contributed by atoms with E-state index in [-0.39, 0.29) is 21.7 Å². The highest BCUT2D eigenvalue weighted by Gasteiger charge is 2.27. The second-order valence-corrected chi connectivity index (χ2v) is 9.91. The summed E-state index contributed by atoms with van der Waals surface area (Å²) >= 11 is 1.25. The number of carbonyl (C=O) groups excluding carboxylic acids is 1. The van der Waals surface area contributed by atoms with Crippen LogP contribution in [0.3, 0.4) is 0 Å². The fraction of sp³-hybridized carbons (Fsp3) is 0.474. The number of benzene rings is 1. The van der Waals surface area contributed by atoms with Crippen LogP contribution in [0.15, 0.2) is 23.1 Å². The molecule has 10 heteroatoms. The molecule has 1 aromatic carbocycles. The molecule has 2 aromatic rings. The summed E-state index contributed by atoms with van der Waals surface area (Å²) in [6.07, 6.45) is 1.11. The van der Waals surface area contributed by atoms with Gasteiger partial charge in [0.2, 0.25) is 5.91 Å². The quantitative estimate of drug-likeness (QED) is 0.712. The van der Waals surface area contributed by atoms with Crippen molar-refractivity contribution in [1.82, 2.24) is 9.88 Å². The van der Waals surface area contributed by atoms with Crippen LogP contribution < -0.4 is 14.2 Å². The zero-order valence-electron chi connectivity index (χ0n) is 16.9. The Kier molecular flexibility index (Phi) is 6.33. The molecular weight excluding hydrogens is 414 g/mol. The number of hydrogen-bond donors (Lipinski definition) is 1. The molecule has 1 aromatic heterocycles. The summed E-state index contributed by atoms with van der Waals surface area (Å²) in [6, 6.07) is 4.57. The monoisotopic (exact) mass is 439 g/mol. The van der Waals surface area contributed by atoms with E-state index in [2.05, 4.69) is 9.71 Å². The minimum Gasteiger partial charge on any atom is -0.497 e. The number of methoxy groups -OCH3 is 2. The fourth-order valence-corrected chi connectivity index (χ4v) is 5.54. The number of nitrogens with one attached hydrogen (secondary N) is 1. The molecule has 0 aliphatic carbocycles. The molecule has 29 heavy (non-hydrogen) atoms. The van der Waals surface area contributed by atoms with Gasteiger partial charge in [0, 0.05) is 30.3 Å². The summed E-state index contributed by atoms with van der Waals surface area (Å²) in [6.45, 7) is 5.08. The molecule has 1 aliphatic heterocycles. The van der Waals surface area contributed by atoms with E-state index in [1.54, 1.807) is 12.1 Å². The lowest BCUT2D eigenvalue weighted by atomic mass is 10.1. The van der Waals surface area contributed by atoms with Crippen LogP contribution in [0.2, 0.25) is 0 Å². The second kappa shape index (κ2) is 8.58. The first-order valence-corrected chi connectivity index (χ1v) is 11.5. The average Bonchev–Trinajstić information content (AvgIpc) is 3.07. The zero-order chi connectivity index (χ0) is 21.2. The minimum atomic E-state index is -3.92. The summed E-state index contributed by atoms with van der Waals surface area (Å²) in [7, 11) is -1.05. The standard InChI is InChI=1S/C19H25N3O5S2/c1-12(2)9-18(23)22-8-7-14-16(11-22)28-19(20-14)21-29(24,25)17-10-13(26-3)5-6-15(17)27-4/h5-6,10,12H,7-9,11H2,1-4H3,(H,20,21). The lowest BCUT2D eigenvalue weighted by Gasteiger charge is -2.26. The molecule has 3 rings (SSSR count). The molecule has 0 bridgehead atoms. The second-order valence-electron chi connectivity index (χ2n) is 7.17. The van der Waals surface area contributed by atoms with Crippen molar-refractivity contribution < 1.29 is 22.7 Å². The molecule has 2 heterocycles. The molecule has 1 N–H and O–H groups in total. The molecular formula is C19H25N3O5S2. The first-order valence-electron chi connectivity index (χ1n) is 9.24. The van der Waals surface area contributed by atoms with Crippen molar-refractivity contribution in [2.24, 2.45) is 5.92 Å². The van der Waals surface area contributed by atoms with E-state index in [9.17, 15) is 13.2 Å². The SMILES string of the molecule is COc1ccc(OC)c(S(=O)(=O)Nc2nc3c(s2)CN(C(=O)CC(C)C)CC3)c1. The molecule has 0 spiro atoms. The lowest BCUT2D eigenvalue weighted by molar-refractivity contribution is -0.132. The number of sulfonamides is 1.